The fraction of sp³-hybridized carbons (Fsp3) is 0.0833. The van der Waals surface area contributed by atoms with E-state index in [1.165, 1.54) is 19.2 Å². The molecule has 0 bridgehead atoms. The van der Waals surface area contributed by atoms with Gasteiger partial charge in [-0.15, -0.1) is 0 Å². The number of benzene rings is 1. The number of hydrogen-bond donors (Lipinski definition) is 0. The maximum atomic E-state index is 13.4. The fourth-order valence-electron chi connectivity index (χ4n) is 1.39. The molecule has 0 N–H and O–H groups in total. The van der Waals surface area contributed by atoms with E-state index < -0.39 is 17.6 Å². The average Bonchev–Trinajstić information content (AvgIpc) is 2.77. The number of methoxy groups -OCH3 is 1. The Morgan fingerprint density at radius 1 is 1.29 bits per heavy atom. The lowest BCUT2D eigenvalue weighted by Crippen LogP contribution is -1.98. The van der Waals surface area contributed by atoms with Gasteiger partial charge in [0, 0.05) is 6.07 Å². The SMILES string of the molecule is COC(=O)c1coc(-c2ccc(F)cc2F)c1. The highest BCUT2D eigenvalue weighted by Crippen LogP contribution is 2.25. The summed E-state index contributed by atoms with van der Waals surface area (Å²) in [6.45, 7) is 0. The number of hydrogen-bond acceptors (Lipinski definition) is 3. The topological polar surface area (TPSA) is 39.4 Å². The minimum Gasteiger partial charge on any atom is -0.465 e. The van der Waals surface area contributed by atoms with Gasteiger partial charge in [0.2, 0.25) is 0 Å². The number of halogens is 2. The van der Waals surface area contributed by atoms with Crippen molar-refractivity contribution in [2.24, 2.45) is 0 Å². The Hall–Kier alpha value is -2.17. The van der Waals surface area contributed by atoms with E-state index >= 15 is 0 Å². The van der Waals surface area contributed by atoms with Crippen molar-refractivity contribution >= 4 is 5.97 Å². The van der Waals surface area contributed by atoms with Crippen molar-refractivity contribution in [3.63, 3.8) is 0 Å². The molecule has 1 aromatic heterocycles. The van der Waals surface area contributed by atoms with Crippen molar-refractivity contribution in [1.29, 1.82) is 0 Å². The average molecular weight is 238 g/mol. The second kappa shape index (κ2) is 4.37. The van der Waals surface area contributed by atoms with E-state index in [1.54, 1.807) is 0 Å². The molecule has 0 aliphatic carbocycles. The van der Waals surface area contributed by atoms with Crippen LogP contribution in [-0.4, -0.2) is 13.1 Å². The molecule has 3 nitrogen and oxygen atoms in total. The molecule has 0 spiro atoms. The van der Waals surface area contributed by atoms with Gasteiger partial charge in [0.1, 0.15) is 23.7 Å². The van der Waals surface area contributed by atoms with E-state index in [-0.39, 0.29) is 16.9 Å². The summed E-state index contributed by atoms with van der Waals surface area (Å²) in [5.74, 6) is -1.87. The molecule has 0 amide bonds. The predicted octanol–water partition coefficient (Wildman–Crippen LogP) is 3.01. The van der Waals surface area contributed by atoms with Gasteiger partial charge in [-0.25, -0.2) is 13.6 Å². The molecule has 17 heavy (non-hydrogen) atoms. The molecule has 2 rings (SSSR count). The van der Waals surface area contributed by atoms with E-state index in [1.807, 2.05) is 0 Å². The minimum absolute atomic E-state index is 0.0848. The molecular weight excluding hydrogens is 230 g/mol. The lowest BCUT2D eigenvalue weighted by molar-refractivity contribution is 0.0600. The quantitative estimate of drug-likeness (QED) is 0.755. The summed E-state index contributed by atoms with van der Waals surface area (Å²) in [7, 11) is 1.23. The second-order valence-electron chi connectivity index (χ2n) is 3.32. The first-order valence-corrected chi connectivity index (χ1v) is 4.74. The molecule has 5 heteroatoms. The van der Waals surface area contributed by atoms with Gasteiger partial charge in [0.25, 0.3) is 0 Å². The van der Waals surface area contributed by atoms with Crippen molar-refractivity contribution in [3.8, 4) is 11.3 Å². The molecule has 88 valence electrons. The summed E-state index contributed by atoms with van der Waals surface area (Å²) in [5, 5.41) is 0. The third kappa shape index (κ3) is 2.18. The molecule has 1 aromatic carbocycles. The number of carbonyl (C=O) groups excluding carboxylic acids is 1. The summed E-state index contributed by atoms with van der Waals surface area (Å²) in [5.41, 5.74) is 0.257. The Morgan fingerprint density at radius 3 is 2.71 bits per heavy atom. The minimum atomic E-state index is -0.754. The van der Waals surface area contributed by atoms with Crippen molar-refractivity contribution in [2.45, 2.75) is 0 Å². The number of carbonyl (C=O) groups is 1. The zero-order valence-corrected chi connectivity index (χ0v) is 8.87. The number of ether oxygens (including phenoxy) is 1. The first kappa shape index (κ1) is 11.3. The molecule has 0 aliphatic rings. The van der Waals surface area contributed by atoms with Gasteiger partial charge in [0.15, 0.2) is 0 Å². The molecule has 0 radical (unpaired) electrons. The highest BCUT2D eigenvalue weighted by atomic mass is 19.1. The summed E-state index contributed by atoms with van der Waals surface area (Å²) in [6, 6.07) is 4.43. The van der Waals surface area contributed by atoms with Gasteiger partial charge in [-0.3, -0.25) is 0 Å². The largest absolute Gasteiger partial charge is 0.465 e. The van der Waals surface area contributed by atoms with Crippen molar-refractivity contribution in [1.82, 2.24) is 0 Å². The number of rotatable bonds is 2. The lowest BCUT2D eigenvalue weighted by Gasteiger charge is -1.98. The summed E-state index contributed by atoms with van der Waals surface area (Å²) < 4.78 is 35.6. The van der Waals surface area contributed by atoms with Crippen LogP contribution in [0.1, 0.15) is 10.4 Å². The normalized spacial score (nSPS) is 10.3. The van der Waals surface area contributed by atoms with Crippen LogP contribution in [0.15, 0.2) is 34.9 Å². The highest BCUT2D eigenvalue weighted by molar-refractivity contribution is 5.90. The fourth-order valence-corrected chi connectivity index (χ4v) is 1.39. The van der Waals surface area contributed by atoms with Crippen LogP contribution < -0.4 is 0 Å². The Bertz CT molecular complexity index is 561. The molecule has 1 heterocycles. The lowest BCUT2D eigenvalue weighted by atomic mass is 10.1. The molecule has 0 saturated heterocycles. The van der Waals surface area contributed by atoms with Crippen LogP contribution >= 0.6 is 0 Å². The van der Waals surface area contributed by atoms with Crippen LogP contribution in [0.4, 0.5) is 8.78 Å². The molecule has 0 atom stereocenters. The van der Waals surface area contributed by atoms with Crippen molar-refractivity contribution < 1.29 is 22.7 Å². The molecule has 0 saturated carbocycles. The Balaban J connectivity index is 2.40. The number of esters is 1. The summed E-state index contributed by atoms with van der Waals surface area (Å²) in [6.07, 6.45) is 1.16. The van der Waals surface area contributed by atoms with Crippen LogP contribution in [0, 0.1) is 11.6 Å². The summed E-state index contributed by atoms with van der Waals surface area (Å²) in [4.78, 5) is 11.2. The zero-order chi connectivity index (χ0) is 12.4. The maximum Gasteiger partial charge on any atom is 0.341 e. The van der Waals surface area contributed by atoms with E-state index in [2.05, 4.69) is 4.74 Å². The third-order valence-corrected chi connectivity index (χ3v) is 2.22. The Labute approximate surface area is 95.6 Å². The van der Waals surface area contributed by atoms with E-state index in [4.69, 9.17) is 4.42 Å². The van der Waals surface area contributed by atoms with E-state index in [0.717, 1.165) is 18.4 Å². The zero-order valence-electron chi connectivity index (χ0n) is 8.87. The van der Waals surface area contributed by atoms with E-state index in [9.17, 15) is 13.6 Å². The monoisotopic (exact) mass is 238 g/mol. The Kier molecular flexibility index (Phi) is 2.91. The van der Waals surface area contributed by atoms with Crippen molar-refractivity contribution in [3.05, 3.63) is 47.7 Å². The van der Waals surface area contributed by atoms with E-state index in [0.29, 0.717) is 0 Å². The van der Waals surface area contributed by atoms with Gasteiger partial charge >= 0.3 is 5.97 Å². The van der Waals surface area contributed by atoms with Crippen LogP contribution in [0.25, 0.3) is 11.3 Å². The molecule has 2 aromatic rings. The number of furan rings is 1. The molecule has 0 unspecified atom stereocenters. The summed E-state index contributed by atoms with van der Waals surface area (Å²) >= 11 is 0. The Morgan fingerprint density at radius 2 is 2.06 bits per heavy atom. The first-order chi connectivity index (χ1) is 8.11. The second-order valence-corrected chi connectivity index (χ2v) is 3.32. The maximum absolute atomic E-state index is 13.4. The molecule has 0 aliphatic heterocycles. The first-order valence-electron chi connectivity index (χ1n) is 4.74. The molecule has 0 fully saturated rings. The van der Waals surface area contributed by atoms with Gasteiger partial charge in [0.05, 0.1) is 18.2 Å². The smallest absolute Gasteiger partial charge is 0.341 e. The van der Waals surface area contributed by atoms with Crippen LogP contribution in [-0.2, 0) is 4.74 Å². The highest BCUT2D eigenvalue weighted by Gasteiger charge is 2.14. The standard InChI is InChI=1S/C12H8F2O3/c1-16-12(15)7-4-11(17-6-7)9-3-2-8(13)5-10(9)14/h2-6H,1H3. The van der Waals surface area contributed by atoms with Gasteiger partial charge in [-0.05, 0) is 18.2 Å². The van der Waals surface area contributed by atoms with Gasteiger partial charge in [-0.2, -0.15) is 0 Å². The molecular formula is C12H8F2O3. The van der Waals surface area contributed by atoms with Gasteiger partial charge in [-0.1, -0.05) is 0 Å². The van der Waals surface area contributed by atoms with Crippen LogP contribution in [0.5, 0.6) is 0 Å². The van der Waals surface area contributed by atoms with Crippen molar-refractivity contribution in [2.75, 3.05) is 7.11 Å². The van der Waals surface area contributed by atoms with Crippen LogP contribution in [0.3, 0.4) is 0 Å². The van der Waals surface area contributed by atoms with Gasteiger partial charge < -0.3 is 9.15 Å². The third-order valence-electron chi connectivity index (χ3n) is 2.22. The van der Waals surface area contributed by atoms with Crippen LogP contribution in [0.2, 0.25) is 0 Å². The predicted molar refractivity (Wildman–Crippen MR) is 55.4 cm³/mol.